The molecule has 0 aliphatic carbocycles. The van der Waals surface area contributed by atoms with E-state index in [0.29, 0.717) is 19.1 Å². The van der Waals surface area contributed by atoms with Crippen LogP contribution in [-0.2, 0) is 0 Å². The molecule has 0 saturated carbocycles. The van der Waals surface area contributed by atoms with Gasteiger partial charge in [0.15, 0.2) is 11.6 Å². The van der Waals surface area contributed by atoms with E-state index in [1.807, 2.05) is 18.2 Å². The highest BCUT2D eigenvalue weighted by Gasteiger charge is 2.30. The highest BCUT2D eigenvalue weighted by molar-refractivity contribution is 6.30. The Labute approximate surface area is 174 Å². The molecule has 2 saturated heterocycles. The molecule has 2 aromatic rings. The SMILES string of the molecule is O=C(c1ccc(F)c(F)c1)N1CCC[C@@H](N2CCN(c3cccc(Cl)c3)CC2)C1. The van der Waals surface area contributed by atoms with Gasteiger partial charge in [-0.15, -0.1) is 0 Å². The van der Waals surface area contributed by atoms with Gasteiger partial charge in [0, 0.05) is 61.6 Å². The fraction of sp³-hybridized carbons (Fsp3) is 0.409. The number of rotatable bonds is 3. The zero-order valence-corrected chi connectivity index (χ0v) is 16.9. The van der Waals surface area contributed by atoms with Crippen LogP contribution in [0, 0.1) is 11.6 Å². The third kappa shape index (κ3) is 4.54. The molecule has 1 atom stereocenters. The Bertz CT molecular complexity index is 886. The molecule has 4 nitrogen and oxygen atoms in total. The van der Waals surface area contributed by atoms with Gasteiger partial charge in [-0.1, -0.05) is 17.7 Å². The molecule has 2 aliphatic heterocycles. The number of nitrogens with zero attached hydrogens (tertiary/aromatic N) is 3. The molecule has 4 rings (SSSR count). The highest BCUT2D eigenvalue weighted by atomic mass is 35.5. The fourth-order valence-electron chi connectivity index (χ4n) is 4.27. The second-order valence-corrected chi connectivity index (χ2v) is 8.12. The largest absolute Gasteiger partial charge is 0.369 e. The summed E-state index contributed by atoms with van der Waals surface area (Å²) in [6, 6.07) is 11.6. The van der Waals surface area contributed by atoms with Crippen LogP contribution in [0.2, 0.25) is 5.02 Å². The van der Waals surface area contributed by atoms with E-state index in [1.165, 1.54) is 6.07 Å². The van der Waals surface area contributed by atoms with Crippen LogP contribution in [0.5, 0.6) is 0 Å². The number of carbonyl (C=O) groups excluding carboxylic acids is 1. The van der Waals surface area contributed by atoms with Crippen molar-refractivity contribution in [1.82, 2.24) is 9.80 Å². The van der Waals surface area contributed by atoms with Gasteiger partial charge in [-0.3, -0.25) is 9.69 Å². The first-order valence-electron chi connectivity index (χ1n) is 10.00. The Balaban J connectivity index is 1.36. The van der Waals surface area contributed by atoms with Crippen molar-refractivity contribution in [2.45, 2.75) is 18.9 Å². The third-order valence-corrected chi connectivity index (χ3v) is 6.09. The summed E-state index contributed by atoms with van der Waals surface area (Å²) >= 11 is 6.11. The minimum Gasteiger partial charge on any atom is -0.369 e. The Morgan fingerprint density at radius 1 is 0.966 bits per heavy atom. The third-order valence-electron chi connectivity index (χ3n) is 5.85. The molecular weight excluding hydrogens is 396 g/mol. The zero-order valence-electron chi connectivity index (χ0n) is 16.2. The van der Waals surface area contributed by atoms with Crippen LogP contribution in [0.1, 0.15) is 23.2 Å². The van der Waals surface area contributed by atoms with Gasteiger partial charge in [0.25, 0.3) is 5.91 Å². The van der Waals surface area contributed by atoms with E-state index >= 15 is 0 Å². The standard InChI is InChI=1S/C22H24ClF2N3O/c23-17-3-1-4-18(14-17)26-9-11-27(12-10-26)19-5-2-8-28(15-19)22(29)16-6-7-20(24)21(25)13-16/h1,3-4,6-7,13-14,19H,2,5,8-12,15H2/t19-/m1/s1. The van der Waals surface area contributed by atoms with Crippen molar-refractivity contribution in [3.05, 3.63) is 64.7 Å². The zero-order chi connectivity index (χ0) is 20.4. The van der Waals surface area contributed by atoms with Crippen LogP contribution < -0.4 is 4.90 Å². The summed E-state index contributed by atoms with van der Waals surface area (Å²) in [5.74, 6) is -2.15. The minimum absolute atomic E-state index is 0.204. The van der Waals surface area contributed by atoms with Crippen LogP contribution in [0.25, 0.3) is 0 Å². The molecule has 2 aliphatic rings. The van der Waals surface area contributed by atoms with E-state index in [4.69, 9.17) is 11.6 Å². The predicted octanol–water partition coefficient (Wildman–Crippen LogP) is 4.05. The first kappa shape index (κ1) is 20.1. The van der Waals surface area contributed by atoms with Crippen molar-refractivity contribution in [3.8, 4) is 0 Å². The van der Waals surface area contributed by atoms with Gasteiger partial charge < -0.3 is 9.80 Å². The van der Waals surface area contributed by atoms with Crippen molar-refractivity contribution >= 4 is 23.2 Å². The fourth-order valence-corrected chi connectivity index (χ4v) is 4.45. The number of amides is 1. The second-order valence-electron chi connectivity index (χ2n) is 7.68. The molecule has 2 aromatic carbocycles. The Kier molecular flexibility index (Phi) is 6.01. The van der Waals surface area contributed by atoms with E-state index in [-0.39, 0.29) is 11.5 Å². The topological polar surface area (TPSA) is 26.8 Å². The first-order valence-corrected chi connectivity index (χ1v) is 10.4. The number of hydrogen-bond acceptors (Lipinski definition) is 3. The maximum absolute atomic E-state index is 13.5. The summed E-state index contributed by atoms with van der Waals surface area (Å²) in [5.41, 5.74) is 1.34. The molecule has 29 heavy (non-hydrogen) atoms. The van der Waals surface area contributed by atoms with Gasteiger partial charge in [0.05, 0.1) is 0 Å². The lowest BCUT2D eigenvalue weighted by Crippen LogP contribution is -2.55. The molecule has 1 amide bonds. The maximum atomic E-state index is 13.5. The van der Waals surface area contributed by atoms with E-state index in [1.54, 1.807) is 4.90 Å². The molecular formula is C22H24ClF2N3O. The predicted molar refractivity (Wildman–Crippen MR) is 111 cm³/mol. The summed E-state index contributed by atoms with van der Waals surface area (Å²) in [4.78, 5) is 19.3. The monoisotopic (exact) mass is 419 g/mol. The van der Waals surface area contributed by atoms with Crippen LogP contribution in [-0.4, -0.2) is 61.0 Å². The van der Waals surface area contributed by atoms with Crippen LogP contribution >= 0.6 is 11.6 Å². The number of carbonyl (C=O) groups is 1. The van der Waals surface area contributed by atoms with Crippen molar-refractivity contribution in [2.24, 2.45) is 0 Å². The quantitative estimate of drug-likeness (QED) is 0.751. The van der Waals surface area contributed by atoms with Gasteiger partial charge in [0.2, 0.25) is 0 Å². The normalized spacial score (nSPS) is 20.7. The smallest absolute Gasteiger partial charge is 0.254 e. The second kappa shape index (κ2) is 8.67. The Morgan fingerprint density at radius 3 is 2.48 bits per heavy atom. The molecule has 0 aromatic heterocycles. The summed E-state index contributed by atoms with van der Waals surface area (Å²) in [6.45, 7) is 4.93. The van der Waals surface area contributed by atoms with E-state index in [2.05, 4.69) is 15.9 Å². The van der Waals surface area contributed by atoms with Gasteiger partial charge in [0.1, 0.15) is 0 Å². The molecule has 2 fully saturated rings. The molecule has 2 heterocycles. The molecule has 7 heteroatoms. The molecule has 154 valence electrons. The number of likely N-dealkylation sites (tertiary alicyclic amines) is 1. The summed E-state index contributed by atoms with van der Waals surface area (Å²) < 4.78 is 26.7. The summed E-state index contributed by atoms with van der Waals surface area (Å²) in [5, 5.41) is 0.739. The lowest BCUT2D eigenvalue weighted by atomic mass is 10.0. The lowest BCUT2D eigenvalue weighted by molar-refractivity contribution is 0.0563. The molecule has 0 bridgehead atoms. The van der Waals surface area contributed by atoms with Crippen LogP contribution in [0.3, 0.4) is 0 Å². The Hall–Kier alpha value is -2.18. The van der Waals surface area contributed by atoms with Gasteiger partial charge in [-0.2, -0.15) is 0 Å². The Morgan fingerprint density at radius 2 is 1.76 bits per heavy atom. The number of piperazine rings is 1. The average Bonchev–Trinajstić information content (AvgIpc) is 2.75. The number of halogens is 3. The van der Waals surface area contributed by atoms with Gasteiger partial charge in [-0.05, 0) is 49.2 Å². The summed E-state index contributed by atoms with van der Waals surface area (Å²) in [7, 11) is 0. The molecule has 0 radical (unpaired) electrons. The van der Waals surface area contributed by atoms with Crippen LogP contribution in [0.15, 0.2) is 42.5 Å². The van der Waals surface area contributed by atoms with E-state index in [9.17, 15) is 13.6 Å². The lowest BCUT2D eigenvalue weighted by Gasteiger charge is -2.44. The van der Waals surface area contributed by atoms with Gasteiger partial charge in [-0.25, -0.2) is 8.78 Å². The molecule has 0 unspecified atom stereocenters. The summed E-state index contributed by atoms with van der Waals surface area (Å²) in [6.07, 6.45) is 1.95. The molecule has 0 spiro atoms. The van der Waals surface area contributed by atoms with Crippen molar-refractivity contribution in [2.75, 3.05) is 44.2 Å². The van der Waals surface area contributed by atoms with Crippen LogP contribution in [0.4, 0.5) is 14.5 Å². The number of benzene rings is 2. The first-order chi connectivity index (χ1) is 14.0. The van der Waals surface area contributed by atoms with Crippen molar-refractivity contribution in [1.29, 1.82) is 0 Å². The number of hydrogen-bond donors (Lipinski definition) is 0. The highest BCUT2D eigenvalue weighted by Crippen LogP contribution is 2.24. The number of piperidine rings is 1. The maximum Gasteiger partial charge on any atom is 0.254 e. The number of anilines is 1. The van der Waals surface area contributed by atoms with E-state index < -0.39 is 11.6 Å². The average molecular weight is 420 g/mol. The van der Waals surface area contributed by atoms with Gasteiger partial charge >= 0.3 is 0 Å². The molecule has 0 N–H and O–H groups in total. The minimum atomic E-state index is -0.985. The van der Waals surface area contributed by atoms with E-state index in [0.717, 1.165) is 61.9 Å². The van der Waals surface area contributed by atoms with Crippen molar-refractivity contribution in [3.63, 3.8) is 0 Å². The van der Waals surface area contributed by atoms with Crippen molar-refractivity contribution < 1.29 is 13.6 Å².